The molecule has 2 aromatic carbocycles. The number of sulfonamides is 1. The van der Waals surface area contributed by atoms with Gasteiger partial charge in [-0.15, -0.1) is 0 Å². The predicted octanol–water partition coefficient (Wildman–Crippen LogP) is 2.83. The van der Waals surface area contributed by atoms with Gasteiger partial charge in [0, 0.05) is 30.4 Å². The third-order valence-electron chi connectivity index (χ3n) is 4.23. The van der Waals surface area contributed by atoms with Crippen LogP contribution in [-0.2, 0) is 14.8 Å². The fourth-order valence-corrected chi connectivity index (χ4v) is 4.54. The highest BCUT2D eigenvalue weighted by atomic mass is 32.2. The van der Waals surface area contributed by atoms with Crippen molar-refractivity contribution >= 4 is 38.9 Å². The first-order valence-electron chi connectivity index (χ1n) is 8.65. The zero-order valence-corrected chi connectivity index (χ0v) is 15.8. The monoisotopic (exact) mass is 387 g/mol. The molecule has 0 saturated carbocycles. The van der Waals surface area contributed by atoms with Gasteiger partial charge in [-0.25, -0.2) is 8.42 Å². The molecule has 27 heavy (non-hydrogen) atoms. The van der Waals surface area contributed by atoms with Crippen molar-refractivity contribution in [2.24, 2.45) is 0 Å². The zero-order chi connectivity index (χ0) is 19.4. The van der Waals surface area contributed by atoms with Gasteiger partial charge < -0.3 is 10.6 Å². The van der Waals surface area contributed by atoms with Gasteiger partial charge in [0.05, 0.1) is 11.4 Å². The fourth-order valence-electron chi connectivity index (χ4n) is 2.90. The smallest absolute Gasteiger partial charge is 0.255 e. The zero-order valence-electron chi connectivity index (χ0n) is 14.9. The van der Waals surface area contributed by atoms with Gasteiger partial charge in [0.2, 0.25) is 15.9 Å². The molecule has 0 atom stereocenters. The topological polar surface area (TPSA) is 95.6 Å². The van der Waals surface area contributed by atoms with Gasteiger partial charge >= 0.3 is 0 Å². The van der Waals surface area contributed by atoms with E-state index in [1.807, 2.05) is 0 Å². The molecule has 1 fully saturated rings. The maximum atomic E-state index is 12.4. The van der Waals surface area contributed by atoms with Gasteiger partial charge in [0.15, 0.2) is 0 Å². The molecule has 142 valence electrons. The highest BCUT2D eigenvalue weighted by molar-refractivity contribution is 7.92. The van der Waals surface area contributed by atoms with Crippen LogP contribution in [0.15, 0.2) is 48.5 Å². The lowest BCUT2D eigenvalue weighted by Gasteiger charge is -2.28. The van der Waals surface area contributed by atoms with E-state index in [1.165, 1.54) is 11.2 Å². The summed E-state index contributed by atoms with van der Waals surface area (Å²) in [5.74, 6) is -0.304. The summed E-state index contributed by atoms with van der Waals surface area (Å²) in [7, 11) is -3.27. The van der Waals surface area contributed by atoms with E-state index in [-0.39, 0.29) is 17.6 Å². The van der Waals surface area contributed by atoms with E-state index in [4.69, 9.17) is 0 Å². The van der Waals surface area contributed by atoms with Crippen molar-refractivity contribution in [3.8, 4) is 0 Å². The Balaban J connectivity index is 1.68. The minimum Gasteiger partial charge on any atom is -0.326 e. The van der Waals surface area contributed by atoms with E-state index in [1.54, 1.807) is 48.5 Å². The standard InChI is InChI=1S/C19H21N3O4S/c1-14(23)20-16-6-8-17(9-7-16)21-19(24)15-4-10-18(11-5-15)22-12-2-3-13-27(22,25)26/h4-11H,2-3,12-13H2,1H3,(H,20,23)(H,21,24). The van der Waals surface area contributed by atoms with E-state index in [0.717, 1.165) is 6.42 Å². The summed E-state index contributed by atoms with van der Waals surface area (Å²) < 4.78 is 25.7. The van der Waals surface area contributed by atoms with E-state index >= 15 is 0 Å². The predicted molar refractivity (Wildman–Crippen MR) is 106 cm³/mol. The quantitative estimate of drug-likeness (QED) is 0.843. The first-order valence-corrected chi connectivity index (χ1v) is 10.3. The molecule has 2 aromatic rings. The second-order valence-electron chi connectivity index (χ2n) is 6.35. The van der Waals surface area contributed by atoms with Crippen LogP contribution in [0.25, 0.3) is 0 Å². The summed E-state index contributed by atoms with van der Waals surface area (Å²) in [6, 6.07) is 13.3. The third kappa shape index (κ3) is 4.65. The molecule has 2 N–H and O–H groups in total. The Morgan fingerprint density at radius 2 is 1.48 bits per heavy atom. The number of rotatable bonds is 4. The fraction of sp³-hybridized carbons (Fsp3) is 0.263. The summed E-state index contributed by atoms with van der Waals surface area (Å²) in [6.45, 7) is 1.89. The largest absolute Gasteiger partial charge is 0.326 e. The highest BCUT2D eigenvalue weighted by Crippen LogP contribution is 2.24. The lowest BCUT2D eigenvalue weighted by molar-refractivity contribution is -0.114. The van der Waals surface area contributed by atoms with Crippen molar-refractivity contribution < 1.29 is 18.0 Å². The molecule has 0 unspecified atom stereocenters. The van der Waals surface area contributed by atoms with Crippen LogP contribution in [0.1, 0.15) is 30.1 Å². The van der Waals surface area contributed by atoms with Crippen LogP contribution < -0.4 is 14.9 Å². The van der Waals surface area contributed by atoms with Gasteiger partial charge in [-0.2, -0.15) is 0 Å². The summed E-state index contributed by atoms with van der Waals surface area (Å²) in [5, 5.41) is 5.43. The number of carbonyl (C=O) groups is 2. The first kappa shape index (κ1) is 18.9. The molecule has 0 radical (unpaired) electrons. The van der Waals surface area contributed by atoms with Crippen LogP contribution >= 0.6 is 0 Å². The normalized spacial score (nSPS) is 15.8. The van der Waals surface area contributed by atoms with Gasteiger partial charge in [-0.1, -0.05) is 0 Å². The van der Waals surface area contributed by atoms with E-state index in [9.17, 15) is 18.0 Å². The molecule has 1 aliphatic rings. The van der Waals surface area contributed by atoms with Crippen molar-refractivity contribution in [3.05, 3.63) is 54.1 Å². The van der Waals surface area contributed by atoms with Crippen molar-refractivity contribution in [1.82, 2.24) is 0 Å². The lowest BCUT2D eigenvalue weighted by Crippen LogP contribution is -2.37. The van der Waals surface area contributed by atoms with Gasteiger partial charge in [0.25, 0.3) is 5.91 Å². The number of hydrogen-bond acceptors (Lipinski definition) is 4. The summed E-state index contributed by atoms with van der Waals surface area (Å²) in [6.07, 6.45) is 1.51. The number of nitrogens with one attached hydrogen (secondary N) is 2. The van der Waals surface area contributed by atoms with Crippen molar-refractivity contribution in [1.29, 1.82) is 0 Å². The molecule has 1 heterocycles. The third-order valence-corrected chi connectivity index (χ3v) is 6.10. The van der Waals surface area contributed by atoms with Crippen LogP contribution in [0.2, 0.25) is 0 Å². The summed E-state index contributed by atoms with van der Waals surface area (Å²) in [4.78, 5) is 23.4. The molecule has 7 nitrogen and oxygen atoms in total. The Morgan fingerprint density at radius 1 is 0.889 bits per heavy atom. The van der Waals surface area contributed by atoms with Crippen LogP contribution in [0, 0.1) is 0 Å². The second kappa shape index (κ2) is 7.79. The van der Waals surface area contributed by atoms with Gasteiger partial charge in [0.1, 0.15) is 0 Å². The van der Waals surface area contributed by atoms with Crippen LogP contribution in [0.4, 0.5) is 17.1 Å². The van der Waals surface area contributed by atoms with Crippen molar-refractivity contribution in [2.75, 3.05) is 27.2 Å². The van der Waals surface area contributed by atoms with Gasteiger partial charge in [-0.05, 0) is 61.4 Å². The Bertz CT molecular complexity index is 938. The average molecular weight is 387 g/mol. The van der Waals surface area contributed by atoms with Gasteiger partial charge in [-0.3, -0.25) is 13.9 Å². The minimum absolute atomic E-state index is 0.156. The molecule has 0 spiro atoms. The van der Waals surface area contributed by atoms with Crippen LogP contribution in [0.3, 0.4) is 0 Å². The summed E-state index contributed by atoms with van der Waals surface area (Å²) in [5.41, 5.74) is 2.24. The van der Waals surface area contributed by atoms with Crippen molar-refractivity contribution in [2.45, 2.75) is 19.8 Å². The molecular weight excluding hydrogens is 366 g/mol. The number of benzene rings is 2. The Kier molecular flexibility index (Phi) is 5.46. The molecule has 1 saturated heterocycles. The highest BCUT2D eigenvalue weighted by Gasteiger charge is 2.25. The van der Waals surface area contributed by atoms with E-state index in [0.29, 0.717) is 35.6 Å². The molecular formula is C19H21N3O4S. The number of hydrogen-bond donors (Lipinski definition) is 2. The van der Waals surface area contributed by atoms with Crippen molar-refractivity contribution in [3.63, 3.8) is 0 Å². The molecule has 1 aliphatic heterocycles. The number of amides is 2. The molecule has 3 rings (SSSR count). The molecule has 0 aromatic heterocycles. The summed E-state index contributed by atoms with van der Waals surface area (Å²) >= 11 is 0. The lowest BCUT2D eigenvalue weighted by atomic mass is 10.2. The number of nitrogens with zero attached hydrogens (tertiary/aromatic N) is 1. The minimum atomic E-state index is -3.27. The molecule has 0 bridgehead atoms. The van der Waals surface area contributed by atoms with Crippen LogP contribution in [-0.4, -0.2) is 32.5 Å². The van der Waals surface area contributed by atoms with Crippen LogP contribution in [0.5, 0.6) is 0 Å². The second-order valence-corrected chi connectivity index (χ2v) is 8.37. The molecule has 8 heteroatoms. The number of carbonyl (C=O) groups excluding carboxylic acids is 2. The maximum absolute atomic E-state index is 12.4. The molecule has 0 aliphatic carbocycles. The molecule has 2 amide bonds. The first-order chi connectivity index (χ1) is 12.8. The SMILES string of the molecule is CC(=O)Nc1ccc(NC(=O)c2ccc(N3CCCCS3(=O)=O)cc2)cc1. The maximum Gasteiger partial charge on any atom is 0.255 e. The Hall–Kier alpha value is -2.87. The van der Waals surface area contributed by atoms with E-state index < -0.39 is 10.0 Å². The van der Waals surface area contributed by atoms with E-state index in [2.05, 4.69) is 10.6 Å². The number of anilines is 3. The average Bonchev–Trinajstić information content (AvgIpc) is 2.63. The Morgan fingerprint density at radius 3 is 2.04 bits per heavy atom. The Labute approximate surface area is 158 Å².